The van der Waals surface area contributed by atoms with E-state index in [9.17, 15) is 14.7 Å². The maximum atomic E-state index is 11.8. The summed E-state index contributed by atoms with van der Waals surface area (Å²) in [7, 11) is 0. The fourth-order valence-corrected chi connectivity index (χ4v) is 2.12. The highest BCUT2D eigenvalue weighted by molar-refractivity contribution is 5.81. The van der Waals surface area contributed by atoms with E-state index in [1.165, 1.54) is 0 Å². The molecule has 2 rings (SSSR count). The van der Waals surface area contributed by atoms with E-state index in [1.807, 2.05) is 6.07 Å². The van der Waals surface area contributed by atoms with E-state index >= 15 is 0 Å². The van der Waals surface area contributed by atoms with Gasteiger partial charge in [0, 0.05) is 6.42 Å². The Morgan fingerprint density at radius 2 is 2.17 bits per heavy atom. The molecule has 1 aromatic heterocycles. The summed E-state index contributed by atoms with van der Waals surface area (Å²) in [6, 6.07) is 5.88. The van der Waals surface area contributed by atoms with Gasteiger partial charge in [0.25, 0.3) is 0 Å². The second kappa shape index (κ2) is 6.58. The van der Waals surface area contributed by atoms with Crippen LogP contribution in [0.5, 0.6) is 0 Å². The molecule has 0 aliphatic carbocycles. The molecule has 1 amide bonds. The van der Waals surface area contributed by atoms with Gasteiger partial charge >= 0.3 is 12.1 Å². The summed E-state index contributed by atoms with van der Waals surface area (Å²) in [5.41, 5.74) is 1.21. The number of rotatable bonds is 4. The number of nitrogens with zero attached hydrogens (tertiary/aromatic N) is 2. The van der Waals surface area contributed by atoms with Gasteiger partial charge in [-0.2, -0.15) is 5.26 Å². The van der Waals surface area contributed by atoms with Crippen LogP contribution in [-0.4, -0.2) is 38.8 Å². The molecule has 0 fully saturated rings. The fraction of sp³-hybridized carbons (Fsp3) is 0.375. The normalized spacial score (nSPS) is 12.4. The van der Waals surface area contributed by atoms with Gasteiger partial charge in [-0.15, -0.1) is 0 Å². The number of imidazole rings is 1. The summed E-state index contributed by atoms with van der Waals surface area (Å²) >= 11 is 0. The molecule has 0 saturated heterocycles. The van der Waals surface area contributed by atoms with E-state index in [0.717, 1.165) is 0 Å². The number of carboxylic acids is 1. The van der Waals surface area contributed by atoms with Crippen molar-refractivity contribution in [3.05, 3.63) is 29.6 Å². The van der Waals surface area contributed by atoms with Gasteiger partial charge in [-0.1, -0.05) is 6.07 Å². The van der Waals surface area contributed by atoms with Crippen LogP contribution in [0.15, 0.2) is 18.2 Å². The fourth-order valence-electron chi connectivity index (χ4n) is 2.12. The minimum Gasteiger partial charge on any atom is -0.480 e. The van der Waals surface area contributed by atoms with Crippen LogP contribution in [0.2, 0.25) is 0 Å². The Kier molecular flexibility index (Phi) is 4.74. The molecule has 0 radical (unpaired) electrons. The zero-order chi connectivity index (χ0) is 17.9. The van der Waals surface area contributed by atoms with Crippen LogP contribution < -0.4 is 5.32 Å². The number of alkyl carbamates (subject to hydrolysis) is 1. The van der Waals surface area contributed by atoms with Crippen LogP contribution in [0.1, 0.15) is 32.2 Å². The number of H-pyrrole nitrogens is 1. The number of carboxylic acid groups (broad SMARTS) is 1. The monoisotopic (exact) mass is 330 g/mol. The molecule has 0 unspecified atom stereocenters. The Hall–Kier alpha value is -3.08. The number of fused-ring (bicyclic) bond motifs is 1. The Balaban J connectivity index is 2.14. The number of carbonyl (C=O) groups excluding carboxylic acids is 1. The average Bonchev–Trinajstić information content (AvgIpc) is 2.86. The number of ether oxygens (including phenoxy) is 1. The highest BCUT2D eigenvalue weighted by atomic mass is 16.6. The lowest BCUT2D eigenvalue weighted by atomic mass is 10.1. The number of aliphatic carboxylic acids is 1. The molecule has 0 aliphatic heterocycles. The largest absolute Gasteiger partial charge is 0.480 e. The minimum atomic E-state index is -1.16. The second-order valence-corrected chi connectivity index (χ2v) is 6.29. The van der Waals surface area contributed by atoms with E-state index in [1.54, 1.807) is 39.0 Å². The quantitative estimate of drug-likeness (QED) is 0.786. The van der Waals surface area contributed by atoms with Crippen molar-refractivity contribution in [2.45, 2.75) is 38.8 Å². The van der Waals surface area contributed by atoms with E-state index in [2.05, 4.69) is 15.3 Å². The van der Waals surface area contributed by atoms with Crippen LogP contribution in [0.4, 0.5) is 4.79 Å². The van der Waals surface area contributed by atoms with Gasteiger partial charge in [-0.05, 0) is 38.5 Å². The van der Waals surface area contributed by atoms with Crippen molar-refractivity contribution in [2.24, 2.45) is 0 Å². The summed E-state index contributed by atoms with van der Waals surface area (Å²) in [6.45, 7) is 5.09. The van der Waals surface area contributed by atoms with Gasteiger partial charge in [0.1, 0.15) is 17.7 Å². The van der Waals surface area contributed by atoms with Crippen molar-refractivity contribution in [3.63, 3.8) is 0 Å². The third-order valence-corrected chi connectivity index (χ3v) is 3.08. The van der Waals surface area contributed by atoms with Gasteiger partial charge < -0.3 is 20.1 Å². The minimum absolute atomic E-state index is 0.0748. The maximum absolute atomic E-state index is 11.8. The summed E-state index contributed by atoms with van der Waals surface area (Å²) in [4.78, 5) is 30.0. The van der Waals surface area contributed by atoms with E-state index < -0.39 is 23.7 Å². The number of carbonyl (C=O) groups is 2. The molecule has 24 heavy (non-hydrogen) atoms. The first-order chi connectivity index (χ1) is 11.2. The molecule has 0 spiro atoms. The molecule has 8 nitrogen and oxygen atoms in total. The summed E-state index contributed by atoms with van der Waals surface area (Å²) < 4.78 is 5.08. The molecule has 1 aromatic carbocycles. The van der Waals surface area contributed by atoms with Crippen LogP contribution in [0.3, 0.4) is 0 Å². The Morgan fingerprint density at radius 3 is 2.75 bits per heavy atom. The number of hydrogen-bond acceptors (Lipinski definition) is 5. The van der Waals surface area contributed by atoms with E-state index in [-0.39, 0.29) is 12.2 Å². The first-order valence-electron chi connectivity index (χ1n) is 7.29. The van der Waals surface area contributed by atoms with Crippen molar-refractivity contribution in [3.8, 4) is 6.07 Å². The molecule has 3 N–H and O–H groups in total. The topological polar surface area (TPSA) is 128 Å². The lowest BCUT2D eigenvalue weighted by Crippen LogP contribution is -2.44. The molecule has 8 heteroatoms. The number of aromatic amines is 1. The predicted molar refractivity (Wildman–Crippen MR) is 85.3 cm³/mol. The summed E-state index contributed by atoms with van der Waals surface area (Å²) in [5, 5.41) is 20.5. The van der Waals surface area contributed by atoms with Crippen molar-refractivity contribution in [1.29, 1.82) is 5.26 Å². The van der Waals surface area contributed by atoms with Crippen molar-refractivity contribution >= 4 is 23.1 Å². The summed E-state index contributed by atoms with van der Waals surface area (Å²) in [5.74, 6) is -0.980. The van der Waals surface area contributed by atoms with Crippen molar-refractivity contribution in [2.75, 3.05) is 0 Å². The van der Waals surface area contributed by atoms with Crippen LogP contribution in [0, 0.1) is 11.3 Å². The van der Waals surface area contributed by atoms with E-state index in [0.29, 0.717) is 16.6 Å². The number of aromatic nitrogens is 2. The highest BCUT2D eigenvalue weighted by Gasteiger charge is 2.24. The molecule has 0 saturated carbocycles. The lowest BCUT2D eigenvalue weighted by molar-refractivity contribution is -0.139. The molecule has 1 atom stereocenters. The Morgan fingerprint density at radius 1 is 1.46 bits per heavy atom. The van der Waals surface area contributed by atoms with Crippen molar-refractivity contribution < 1.29 is 19.4 Å². The lowest BCUT2D eigenvalue weighted by Gasteiger charge is -2.22. The zero-order valence-electron chi connectivity index (χ0n) is 13.6. The molecule has 0 aliphatic rings. The first-order valence-corrected chi connectivity index (χ1v) is 7.29. The SMILES string of the molecule is CC(C)(C)OC(=O)N[C@@H](Cc1ccc2nc(C#N)[nH]c2c1)C(=O)O. The number of nitriles is 1. The zero-order valence-corrected chi connectivity index (χ0v) is 13.6. The van der Waals surface area contributed by atoms with Gasteiger partial charge in [0.05, 0.1) is 11.0 Å². The predicted octanol–water partition coefficient (Wildman–Crippen LogP) is 1.95. The molecular formula is C16H18N4O4. The third-order valence-electron chi connectivity index (χ3n) is 3.08. The number of benzene rings is 1. The summed E-state index contributed by atoms with van der Waals surface area (Å²) in [6.07, 6.45) is -0.713. The number of nitrogens with one attached hydrogen (secondary N) is 2. The molecule has 126 valence electrons. The van der Waals surface area contributed by atoms with Gasteiger partial charge in [0.15, 0.2) is 0 Å². The maximum Gasteiger partial charge on any atom is 0.408 e. The average molecular weight is 330 g/mol. The second-order valence-electron chi connectivity index (χ2n) is 6.29. The van der Waals surface area contributed by atoms with Crippen LogP contribution >= 0.6 is 0 Å². The Labute approximate surface area is 138 Å². The van der Waals surface area contributed by atoms with Crippen LogP contribution in [0.25, 0.3) is 11.0 Å². The molecular weight excluding hydrogens is 312 g/mol. The first kappa shape index (κ1) is 17.3. The van der Waals surface area contributed by atoms with Crippen LogP contribution in [-0.2, 0) is 16.0 Å². The standard InChI is InChI=1S/C16H18N4O4/c1-16(2,3)24-15(23)20-12(14(21)22)7-9-4-5-10-11(6-9)19-13(8-17)18-10/h4-6,12H,7H2,1-3H3,(H,18,19)(H,20,23)(H,21,22)/t12-/m0/s1. The van der Waals surface area contributed by atoms with Gasteiger partial charge in [-0.25, -0.2) is 14.6 Å². The Bertz CT molecular complexity index is 814. The van der Waals surface area contributed by atoms with Gasteiger partial charge in [0.2, 0.25) is 5.82 Å². The molecule has 0 bridgehead atoms. The highest BCUT2D eigenvalue weighted by Crippen LogP contribution is 2.15. The number of amides is 1. The third kappa shape index (κ3) is 4.46. The van der Waals surface area contributed by atoms with E-state index in [4.69, 9.17) is 10.00 Å². The smallest absolute Gasteiger partial charge is 0.408 e. The van der Waals surface area contributed by atoms with Gasteiger partial charge in [-0.3, -0.25) is 0 Å². The molecule has 1 heterocycles. The number of hydrogen-bond donors (Lipinski definition) is 3. The van der Waals surface area contributed by atoms with Crippen molar-refractivity contribution in [1.82, 2.24) is 15.3 Å². The molecule has 2 aromatic rings.